The summed E-state index contributed by atoms with van der Waals surface area (Å²) in [6.07, 6.45) is 2.21. The number of likely N-dealkylation sites (tertiary alicyclic amines) is 1. The van der Waals surface area contributed by atoms with Crippen molar-refractivity contribution in [3.8, 4) is 0 Å². The van der Waals surface area contributed by atoms with Crippen LogP contribution in [0.2, 0.25) is 0 Å². The number of nitrogens with one attached hydrogen (secondary N) is 1. The minimum absolute atomic E-state index is 0.178. The van der Waals surface area contributed by atoms with E-state index in [9.17, 15) is 4.79 Å². The van der Waals surface area contributed by atoms with Gasteiger partial charge in [-0.2, -0.15) is 0 Å². The van der Waals surface area contributed by atoms with E-state index in [4.69, 9.17) is 4.74 Å². The number of hydrogen-bond acceptors (Lipinski definition) is 6. The molecule has 0 aliphatic carbocycles. The average molecular weight is 335 g/mol. The minimum Gasteiger partial charge on any atom is -0.444 e. The SMILES string of the molecule is CCN(CC)c1cc(N[C@@H]2CCN(C(=O)OC(C)(C)C)C2)ncn1. The van der Waals surface area contributed by atoms with E-state index in [1.54, 1.807) is 11.2 Å². The van der Waals surface area contributed by atoms with Crippen molar-refractivity contribution < 1.29 is 9.53 Å². The van der Waals surface area contributed by atoms with Crippen LogP contribution in [0.4, 0.5) is 16.4 Å². The first kappa shape index (κ1) is 18.3. The van der Waals surface area contributed by atoms with Crippen LogP contribution < -0.4 is 10.2 Å². The molecule has 0 saturated carbocycles. The third kappa shape index (κ3) is 4.97. The summed E-state index contributed by atoms with van der Waals surface area (Å²) in [7, 11) is 0. The largest absolute Gasteiger partial charge is 0.444 e. The van der Waals surface area contributed by atoms with Crippen molar-refractivity contribution in [2.24, 2.45) is 0 Å². The van der Waals surface area contributed by atoms with Crippen LogP contribution in [0.3, 0.4) is 0 Å². The number of nitrogens with zero attached hydrogens (tertiary/aromatic N) is 4. The molecule has 0 bridgehead atoms. The number of aromatic nitrogens is 2. The molecule has 0 aromatic carbocycles. The number of carbonyl (C=O) groups excluding carboxylic acids is 1. The van der Waals surface area contributed by atoms with Gasteiger partial charge in [0.15, 0.2) is 0 Å². The summed E-state index contributed by atoms with van der Waals surface area (Å²) in [6, 6.07) is 2.14. The van der Waals surface area contributed by atoms with Gasteiger partial charge in [0.05, 0.1) is 0 Å². The molecule has 1 saturated heterocycles. The Morgan fingerprint density at radius 3 is 2.71 bits per heavy atom. The van der Waals surface area contributed by atoms with Crippen LogP contribution in [0.15, 0.2) is 12.4 Å². The molecular weight excluding hydrogens is 306 g/mol. The van der Waals surface area contributed by atoms with Gasteiger partial charge < -0.3 is 19.9 Å². The highest BCUT2D eigenvalue weighted by molar-refractivity contribution is 5.68. The van der Waals surface area contributed by atoms with Crippen LogP contribution in [0.1, 0.15) is 41.0 Å². The Balaban J connectivity index is 1.94. The van der Waals surface area contributed by atoms with Gasteiger partial charge in [-0.05, 0) is 41.0 Å². The zero-order valence-corrected chi connectivity index (χ0v) is 15.4. The van der Waals surface area contributed by atoms with Gasteiger partial charge in [-0.15, -0.1) is 0 Å². The lowest BCUT2D eigenvalue weighted by molar-refractivity contribution is 0.0293. The smallest absolute Gasteiger partial charge is 0.410 e. The van der Waals surface area contributed by atoms with Gasteiger partial charge in [-0.3, -0.25) is 0 Å². The quantitative estimate of drug-likeness (QED) is 0.892. The van der Waals surface area contributed by atoms with Crippen molar-refractivity contribution >= 4 is 17.7 Å². The highest BCUT2D eigenvalue weighted by Crippen LogP contribution is 2.19. The third-order valence-corrected chi connectivity index (χ3v) is 3.93. The number of ether oxygens (including phenoxy) is 1. The number of carbonyl (C=O) groups is 1. The molecule has 0 radical (unpaired) electrons. The second-order valence-electron chi connectivity index (χ2n) is 6.99. The fourth-order valence-electron chi connectivity index (χ4n) is 2.73. The van der Waals surface area contributed by atoms with Gasteiger partial charge in [0, 0.05) is 38.3 Å². The first-order valence-electron chi connectivity index (χ1n) is 8.63. The summed E-state index contributed by atoms with van der Waals surface area (Å²) in [5.74, 6) is 1.71. The van der Waals surface area contributed by atoms with E-state index in [0.717, 1.165) is 31.1 Å². The second-order valence-corrected chi connectivity index (χ2v) is 6.99. The predicted octanol–water partition coefficient (Wildman–Crippen LogP) is 2.74. The molecule has 1 fully saturated rings. The Bertz CT molecular complexity index is 554. The van der Waals surface area contributed by atoms with Crippen molar-refractivity contribution in [3.63, 3.8) is 0 Å². The highest BCUT2D eigenvalue weighted by atomic mass is 16.6. The van der Waals surface area contributed by atoms with Crippen molar-refractivity contribution in [3.05, 3.63) is 12.4 Å². The van der Waals surface area contributed by atoms with Gasteiger partial charge in [-0.1, -0.05) is 0 Å². The molecule has 1 aliphatic rings. The third-order valence-electron chi connectivity index (χ3n) is 3.93. The number of hydrogen-bond donors (Lipinski definition) is 1. The molecule has 2 rings (SSSR count). The average Bonchev–Trinajstić information content (AvgIpc) is 2.96. The Morgan fingerprint density at radius 1 is 1.38 bits per heavy atom. The molecule has 0 spiro atoms. The normalized spacial score (nSPS) is 17.7. The fourth-order valence-corrected chi connectivity index (χ4v) is 2.73. The topological polar surface area (TPSA) is 70.6 Å². The Hall–Kier alpha value is -2.05. The monoisotopic (exact) mass is 335 g/mol. The number of amides is 1. The highest BCUT2D eigenvalue weighted by Gasteiger charge is 2.29. The van der Waals surface area contributed by atoms with Crippen LogP contribution in [0.5, 0.6) is 0 Å². The standard InChI is InChI=1S/C17H29N5O2/c1-6-21(7-2)15-10-14(18-12-19-15)20-13-8-9-22(11-13)16(23)24-17(3,4)5/h10,12-13H,6-9,11H2,1-5H3,(H,18,19,20)/t13-/m1/s1. The molecule has 7 heteroatoms. The lowest BCUT2D eigenvalue weighted by atomic mass is 10.2. The summed E-state index contributed by atoms with van der Waals surface area (Å²) in [5, 5.41) is 3.40. The first-order chi connectivity index (χ1) is 11.3. The van der Waals surface area contributed by atoms with Gasteiger partial charge in [0.2, 0.25) is 0 Å². The number of anilines is 2. The van der Waals surface area contributed by atoms with Crippen molar-refractivity contribution in [2.45, 2.75) is 52.7 Å². The first-order valence-corrected chi connectivity index (χ1v) is 8.63. The van der Waals surface area contributed by atoms with Crippen LogP contribution in [0.25, 0.3) is 0 Å². The summed E-state index contributed by atoms with van der Waals surface area (Å²) < 4.78 is 5.43. The second kappa shape index (κ2) is 7.68. The van der Waals surface area contributed by atoms with Gasteiger partial charge in [-0.25, -0.2) is 14.8 Å². The summed E-state index contributed by atoms with van der Waals surface area (Å²) in [4.78, 5) is 24.7. The fraction of sp³-hybridized carbons (Fsp3) is 0.706. The van der Waals surface area contributed by atoms with E-state index >= 15 is 0 Å². The maximum absolute atomic E-state index is 12.1. The van der Waals surface area contributed by atoms with Gasteiger partial charge in [0.25, 0.3) is 0 Å². The molecular formula is C17H29N5O2. The molecule has 1 aromatic heterocycles. The van der Waals surface area contributed by atoms with Gasteiger partial charge >= 0.3 is 6.09 Å². The summed E-state index contributed by atoms with van der Waals surface area (Å²) in [5.41, 5.74) is -0.464. The zero-order chi connectivity index (χ0) is 17.7. The van der Waals surface area contributed by atoms with Crippen LogP contribution >= 0.6 is 0 Å². The van der Waals surface area contributed by atoms with Crippen LogP contribution in [0, 0.1) is 0 Å². The zero-order valence-electron chi connectivity index (χ0n) is 15.4. The predicted molar refractivity (Wildman–Crippen MR) is 95.4 cm³/mol. The Kier molecular flexibility index (Phi) is 5.85. The lowest BCUT2D eigenvalue weighted by Gasteiger charge is -2.24. The molecule has 134 valence electrons. The molecule has 1 amide bonds. The van der Waals surface area contributed by atoms with E-state index in [0.29, 0.717) is 13.1 Å². The summed E-state index contributed by atoms with van der Waals surface area (Å²) in [6.45, 7) is 13.0. The summed E-state index contributed by atoms with van der Waals surface area (Å²) >= 11 is 0. The van der Waals surface area contributed by atoms with Crippen LogP contribution in [-0.4, -0.2) is 58.8 Å². The molecule has 1 aliphatic heterocycles. The van der Waals surface area contributed by atoms with Crippen molar-refractivity contribution in [2.75, 3.05) is 36.4 Å². The van der Waals surface area contributed by atoms with Crippen LogP contribution in [-0.2, 0) is 4.74 Å². The minimum atomic E-state index is -0.464. The Morgan fingerprint density at radius 2 is 2.08 bits per heavy atom. The van der Waals surface area contributed by atoms with Gasteiger partial charge in [0.1, 0.15) is 23.6 Å². The molecule has 7 nitrogen and oxygen atoms in total. The lowest BCUT2D eigenvalue weighted by Crippen LogP contribution is -2.36. The molecule has 2 heterocycles. The van der Waals surface area contributed by atoms with E-state index in [1.807, 2.05) is 26.8 Å². The molecule has 1 aromatic rings. The van der Waals surface area contributed by atoms with Crippen molar-refractivity contribution in [1.29, 1.82) is 0 Å². The maximum Gasteiger partial charge on any atom is 0.410 e. The molecule has 0 unspecified atom stereocenters. The molecule has 24 heavy (non-hydrogen) atoms. The van der Waals surface area contributed by atoms with E-state index in [1.165, 1.54) is 0 Å². The van der Waals surface area contributed by atoms with E-state index < -0.39 is 5.60 Å². The Labute approximate surface area is 144 Å². The maximum atomic E-state index is 12.1. The number of rotatable bonds is 5. The molecule has 1 N–H and O–H groups in total. The van der Waals surface area contributed by atoms with Crippen molar-refractivity contribution in [1.82, 2.24) is 14.9 Å². The van der Waals surface area contributed by atoms with E-state index in [2.05, 4.69) is 34.0 Å². The molecule has 1 atom stereocenters. The van der Waals surface area contributed by atoms with E-state index in [-0.39, 0.29) is 12.1 Å².